The van der Waals surface area contributed by atoms with Crippen molar-refractivity contribution in [2.24, 2.45) is 5.92 Å². The maximum Gasteiger partial charge on any atom is 0.162 e. The van der Waals surface area contributed by atoms with Gasteiger partial charge in [-0.25, -0.2) is 0 Å². The van der Waals surface area contributed by atoms with Gasteiger partial charge in [0.2, 0.25) is 0 Å². The minimum absolute atomic E-state index is 0.245. The van der Waals surface area contributed by atoms with Crippen LogP contribution in [0.2, 0.25) is 0 Å². The Morgan fingerprint density at radius 2 is 2.00 bits per heavy atom. The van der Waals surface area contributed by atoms with E-state index in [0.29, 0.717) is 24.3 Å². The fourth-order valence-electron chi connectivity index (χ4n) is 3.09. The molecule has 4 heteroatoms. The van der Waals surface area contributed by atoms with Gasteiger partial charge in [0.05, 0.1) is 7.11 Å². The van der Waals surface area contributed by atoms with Crippen LogP contribution in [-0.2, 0) is 6.54 Å². The molecule has 1 aromatic carbocycles. The van der Waals surface area contributed by atoms with Crippen LogP contribution in [0.15, 0.2) is 18.2 Å². The number of rotatable bonds is 7. The van der Waals surface area contributed by atoms with Crippen molar-refractivity contribution in [2.45, 2.75) is 39.3 Å². The summed E-state index contributed by atoms with van der Waals surface area (Å²) in [6, 6.07) is 6.20. The van der Waals surface area contributed by atoms with Gasteiger partial charge in [-0.2, -0.15) is 0 Å². The molecule has 2 rings (SSSR count). The fourth-order valence-corrected chi connectivity index (χ4v) is 3.09. The molecule has 0 radical (unpaired) electrons. The Bertz CT molecular complexity index is 442. The number of benzene rings is 1. The highest BCUT2D eigenvalue weighted by atomic mass is 16.5. The Morgan fingerprint density at radius 3 is 2.62 bits per heavy atom. The second-order valence-electron chi connectivity index (χ2n) is 6.15. The van der Waals surface area contributed by atoms with Crippen molar-refractivity contribution < 1.29 is 9.84 Å². The third-order valence-electron chi connectivity index (χ3n) is 4.35. The molecular weight excluding hydrogens is 264 g/mol. The van der Waals surface area contributed by atoms with Crippen LogP contribution in [0.1, 0.15) is 32.3 Å². The number of phenols is 1. The average molecular weight is 292 g/mol. The van der Waals surface area contributed by atoms with Gasteiger partial charge in [0, 0.05) is 24.7 Å². The summed E-state index contributed by atoms with van der Waals surface area (Å²) in [7, 11) is 1.58. The maximum absolute atomic E-state index is 10.1. The van der Waals surface area contributed by atoms with Gasteiger partial charge in [0.1, 0.15) is 0 Å². The monoisotopic (exact) mass is 292 g/mol. The Morgan fingerprint density at radius 1 is 1.29 bits per heavy atom. The van der Waals surface area contributed by atoms with Crippen LogP contribution in [0.3, 0.4) is 0 Å². The van der Waals surface area contributed by atoms with E-state index in [9.17, 15) is 5.11 Å². The second-order valence-corrected chi connectivity index (χ2v) is 6.15. The zero-order valence-electron chi connectivity index (χ0n) is 13.4. The standard InChI is InChI=1S/C17H28N2O2/c1-13(2)15(19-9-4-5-10-19)12-18-11-14-7-6-8-16(21-3)17(14)20/h6-8,13,15,18,20H,4-5,9-12H2,1-3H3. The zero-order valence-corrected chi connectivity index (χ0v) is 13.4. The molecule has 0 bridgehead atoms. The molecule has 1 aromatic rings. The largest absolute Gasteiger partial charge is 0.504 e. The average Bonchev–Trinajstić information content (AvgIpc) is 2.98. The number of methoxy groups -OCH3 is 1. The van der Waals surface area contributed by atoms with E-state index in [0.717, 1.165) is 12.1 Å². The fraction of sp³-hybridized carbons (Fsp3) is 0.647. The van der Waals surface area contributed by atoms with Crippen molar-refractivity contribution in [3.63, 3.8) is 0 Å². The van der Waals surface area contributed by atoms with Crippen LogP contribution in [0.25, 0.3) is 0 Å². The number of para-hydroxylation sites is 1. The van der Waals surface area contributed by atoms with Crippen molar-refractivity contribution in [1.29, 1.82) is 0 Å². The highest BCUT2D eigenvalue weighted by Gasteiger charge is 2.24. The summed E-state index contributed by atoms with van der Waals surface area (Å²) in [6.07, 6.45) is 2.64. The van der Waals surface area contributed by atoms with Crippen molar-refractivity contribution in [3.8, 4) is 11.5 Å². The number of nitrogens with one attached hydrogen (secondary N) is 1. The van der Waals surface area contributed by atoms with E-state index < -0.39 is 0 Å². The first-order valence-corrected chi connectivity index (χ1v) is 7.93. The molecule has 1 aliphatic rings. The van der Waals surface area contributed by atoms with E-state index in [1.54, 1.807) is 13.2 Å². The molecule has 4 nitrogen and oxygen atoms in total. The highest BCUT2D eigenvalue weighted by Crippen LogP contribution is 2.29. The van der Waals surface area contributed by atoms with Gasteiger partial charge in [-0.1, -0.05) is 26.0 Å². The number of hydrogen-bond acceptors (Lipinski definition) is 4. The third kappa shape index (κ3) is 4.11. The quantitative estimate of drug-likeness (QED) is 0.811. The summed E-state index contributed by atoms with van der Waals surface area (Å²) < 4.78 is 5.15. The van der Waals surface area contributed by atoms with Gasteiger partial charge in [-0.05, 0) is 37.9 Å². The summed E-state index contributed by atoms with van der Waals surface area (Å²) in [6.45, 7) is 8.62. The van der Waals surface area contributed by atoms with Gasteiger partial charge < -0.3 is 15.2 Å². The summed E-state index contributed by atoms with van der Waals surface area (Å²) in [5.41, 5.74) is 0.887. The molecule has 0 saturated carbocycles. The van der Waals surface area contributed by atoms with Crippen LogP contribution in [0.5, 0.6) is 11.5 Å². The lowest BCUT2D eigenvalue weighted by Gasteiger charge is -2.31. The topological polar surface area (TPSA) is 44.7 Å². The first-order valence-electron chi connectivity index (χ1n) is 7.93. The number of hydrogen-bond donors (Lipinski definition) is 2. The third-order valence-corrected chi connectivity index (χ3v) is 4.35. The molecule has 21 heavy (non-hydrogen) atoms. The molecule has 1 saturated heterocycles. The Kier molecular flexibility index (Phi) is 5.88. The van der Waals surface area contributed by atoms with E-state index in [-0.39, 0.29) is 5.75 Å². The lowest BCUT2D eigenvalue weighted by Crippen LogP contribution is -2.44. The lowest BCUT2D eigenvalue weighted by molar-refractivity contribution is 0.186. The van der Waals surface area contributed by atoms with Crippen LogP contribution < -0.4 is 10.1 Å². The van der Waals surface area contributed by atoms with Crippen LogP contribution in [0.4, 0.5) is 0 Å². The molecule has 2 N–H and O–H groups in total. The summed E-state index contributed by atoms with van der Waals surface area (Å²) in [4.78, 5) is 2.59. The Labute approximate surface area is 128 Å². The van der Waals surface area contributed by atoms with Gasteiger partial charge in [-0.3, -0.25) is 4.90 Å². The molecule has 1 fully saturated rings. The number of aromatic hydroxyl groups is 1. The minimum Gasteiger partial charge on any atom is -0.504 e. The van der Waals surface area contributed by atoms with Crippen LogP contribution >= 0.6 is 0 Å². The van der Waals surface area contributed by atoms with Crippen molar-refractivity contribution in [1.82, 2.24) is 10.2 Å². The smallest absolute Gasteiger partial charge is 0.162 e. The van der Waals surface area contributed by atoms with Crippen molar-refractivity contribution in [3.05, 3.63) is 23.8 Å². The van der Waals surface area contributed by atoms with E-state index in [1.165, 1.54) is 25.9 Å². The number of ether oxygens (including phenoxy) is 1. The first-order chi connectivity index (χ1) is 10.1. The lowest BCUT2D eigenvalue weighted by atomic mass is 10.0. The molecule has 0 aliphatic carbocycles. The SMILES string of the molecule is COc1cccc(CNCC(C(C)C)N2CCCC2)c1O. The van der Waals surface area contributed by atoms with Gasteiger partial charge >= 0.3 is 0 Å². The highest BCUT2D eigenvalue weighted by molar-refractivity contribution is 5.45. The van der Waals surface area contributed by atoms with E-state index >= 15 is 0 Å². The molecule has 1 atom stereocenters. The molecule has 0 amide bonds. The second kappa shape index (κ2) is 7.66. The Balaban J connectivity index is 1.90. The Hall–Kier alpha value is -1.26. The molecule has 1 aliphatic heterocycles. The summed E-state index contributed by atoms with van der Waals surface area (Å²) in [5, 5.41) is 13.6. The van der Waals surface area contributed by atoms with Crippen molar-refractivity contribution >= 4 is 0 Å². The summed E-state index contributed by atoms with van der Waals surface area (Å²) >= 11 is 0. The predicted octanol–water partition coefficient (Wildman–Crippen LogP) is 2.61. The van der Waals surface area contributed by atoms with Crippen LogP contribution in [0, 0.1) is 5.92 Å². The zero-order chi connectivity index (χ0) is 15.2. The number of nitrogens with zero attached hydrogens (tertiary/aromatic N) is 1. The number of phenolic OH excluding ortho intramolecular Hbond substituents is 1. The van der Waals surface area contributed by atoms with Crippen molar-refractivity contribution in [2.75, 3.05) is 26.7 Å². The molecule has 0 aromatic heterocycles. The maximum atomic E-state index is 10.1. The van der Waals surface area contributed by atoms with E-state index in [2.05, 4.69) is 24.1 Å². The molecular formula is C17H28N2O2. The van der Waals surface area contributed by atoms with Gasteiger partial charge in [0.15, 0.2) is 11.5 Å². The van der Waals surface area contributed by atoms with E-state index in [1.807, 2.05) is 12.1 Å². The predicted molar refractivity (Wildman–Crippen MR) is 85.8 cm³/mol. The molecule has 0 spiro atoms. The van der Waals surface area contributed by atoms with E-state index in [4.69, 9.17) is 4.74 Å². The first kappa shape index (κ1) is 16.1. The molecule has 1 unspecified atom stereocenters. The minimum atomic E-state index is 0.245. The molecule has 1 heterocycles. The van der Waals surface area contributed by atoms with Gasteiger partial charge in [-0.15, -0.1) is 0 Å². The summed E-state index contributed by atoms with van der Waals surface area (Å²) in [5.74, 6) is 1.42. The van der Waals surface area contributed by atoms with Crippen LogP contribution in [-0.4, -0.2) is 42.8 Å². The normalized spacial score (nSPS) is 17.3. The van der Waals surface area contributed by atoms with Gasteiger partial charge in [0.25, 0.3) is 0 Å². The number of likely N-dealkylation sites (tertiary alicyclic amines) is 1. The molecule has 118 valence electrons.